The fraction of sp³-hybridized carbons (Fsp3) is 0.120. The van der Waals surface area contributed by atoms with E-state index in [-0.39, 0.29) is 17.3 Å². The molecule has 164 valence electrons. The third kappa shape index (κ3) is 3.51. The molecular formula is C25H20N4O4. The summed E-state index contributed by atoms with van der Waals surface area (Å²) in [6, 6.07) is 20.4. The van der Waals surface area contributed by atoms with Crippen LogP contribution in [-0.4, -0.2) is 31.0 Å². The number of aromatic nitrogens is 2. The van der Waals surface area contributed by atoms with Gasteiger partial charge in [-0.25, -0.2) is 0 Å². The molecule has 1 aromatic heterocycles. The average molecular weight is 440 g/mol. The van der Waals surface area contributed by atoms with Crippen molar-refractivity contribution in [3.63, 3.8) is 0 Å². The number of nitro groups is 1. The molecule has 0 saturated heterocycles. The topological polar surface area (TPSA) is 112 Å². The van der Waals surface area contributed by atoms with Gasteiger partial charge >= 0.3 is 0 Å². The van der Waals surface area contributed by atoms with Crippen LogP contribution in [0.3, 0.4) is 0 Å². The summed E-state index contributed by atoms with van der Waals surface area (Å²) in [5.74, 6) is -0.165. The molecule has 2 N–H and O–H groups in total. The number of aryl methyl sites for hydroxylation is 1. The summed E-state index contributed by atoms with van der Waals surface area (Å²) in [6.45, 7) is 2.35. The predicted octanol–water partition coefficient (Wildman–Crippen LogP) is 4.74. The van der Waals surface area contributed by atoms with Crippen LogP contribution in [0.5, 0.6) is 5.75 Å². The van der Waals surface area contributed by atoms with Crippen LogP contribution in [0.2, 0.25) is 0 Å². The molecule has 1 atom stereocenters. The van der Waals surface area contributed by atoms with Crippen molar-refractivity contribution >= 4 is 11.6 Å². The van der Waals surface area contributed by atoms with Crippen molar-refractivity contribution in [2.75, 3.05) is 0 Å². The Kier molecular flexibility index (Phi) is 4.90. The van der Waals surface area contributed by atoms with E-state index in [0.29, 0.717) is 29.1 Å². The molecule has 2 heterocycles. The molecule has 33 heavy (non-hydrogen) atoms. The minimum absolute atomic E-state index is 0.0264. The quantitative estimate of drug-likeness (QED) is 0.344. The van der Waals surface area contributed by atoms with Gasteiger partial charge in [0.2, 0.25) is 0 Å². The maximum Gasteiger partial charge on any atom is 0.273 e. The van der Waals surface area contributed by atoms with E-state index < -0.39 is 11.0 Å². The molecule has 8 nitrogen and oxygen atoms in total. The van der Waals surface area contributed by atoms with Gasteiger partial charge in [0, 0.05) is 29.8 Å². The van der Waals surface area contributed by atoms with Crippen molar-refractivity contribution in [3.8, 4) is 17.0 Å². The highest BCUT2D eigenvalue weighted by Crippen LogP contribution is 2.45. The number of nitrogens with zero attached hydrogens (tertiary/aromatic N) is 3. The summed E-state index contributed by atoms with van der Waals surface area (Å²) in [7, 11) is 0. The van der Waals surface area contributed by atoms with Gasteiger partial charge in [-0.1, -0.05) is 42.0 Å². The van der Waals surface area contributed by atoms with Crippen LogP contribution in [0.25, 0.3) is 11.3 Å². The summed E-state index contributed by atoms with van der Waals surface area (Å²) in [4.78, 5) is 25.9. The molecule has 1 unspecified atom stereocenters. The maximum absolute atomic E-state index is 13.4. The predicted molar refractivity (Wildman–Crippen MR) is 122 cm³/mol. The first kappa shape index (κ1) is 20.4. The summed E-state index contributed by atoms with van der Waals surface area (Å²) in [6.07, 6.45) is 0. The second-order valence-electron chi connectivity index (χ2n) is 8.05. The lowest BCUT2D eigenvalue weighted by atomic mass is 9.95. The van der Waals surface area contributed by atoms with Crippen LogP contribution in [-0.2, 0) is 6.54 Å². The first-order valence-electron chi connectivity index (χ1n) is 10.4. The normalized spacial score (nSPS) is 15.0. The SMILES string of the molecule is Cc1ccc(CN2C(=O)c3[nH]nc(-c4ccccc4O)c3C2c2ccc([N+](=O)[O-])cc2)cc1. The fourth-order valence-corrected chi connectivity index (χ4v) is 4.25. The maximum atomic E-state index is 13.4. The van der Waals surface area contributed by atoms with Gasteiger partial charge in [0.05, 0.1) is 11.0 Å². The number of rotatable bonds is 5. The molecule has 1 amide bonds. The smallest absolute Gasteiger partial charge is 0.273 e. The minimum atomic E-state index is -0.525. The zero-order valence-corrected chi connectivity index (χ0v) is 17.7. The lowest BCUT2D eigenvalue weighted by Gasteiger charge is -2.26. The van der Waals surface area contributed by atoms with Crippen molar-refractivity contribution in [3.05, 3.63) is 111 Å². The number of amides is 1. The highest BCUT2D eigenvalue weighted by atomic mass is 16.6. The monoisotopic (exact) mass is 440 g/mol. The summed E-state index contributed by atoms with van der Waals surface area (Å²) < 4.78 is 0. The van der Waals surface area contributed by atoms with E-state index in [1.165, 1.54) is 12.1 Å². The number of non-ortho nitro benzene ring substituents is 1. The number of carbonyl (C=O) groups is 1. The Morgan fingerprint density at radius 1 is 1.06 bits per heavy atom. The number of nitrogens with one attached hydrogen (secondary N) is 1. The Hall–Kier alpha value is -4.46. The molecule has 3 aromatic carbocycles. The van der Waals surface area contributed by atoms with Gasteiger partial charge in [-0.15, -0.1) is 0 Å². The molecule has 0 saturated carbocycles. The zero-order chi connectivity index (χ0) is 23.1. The van der Waals surface area contributed by atoms with Crippen LogP contribution in [0, 0.1) is 17.0 Å². The number of aromatic amines is 1. The molecule has 5 rings (SSSR count). The molecule has 0 bridgehead atoms. The number of phenolic OH excluding ortho intramolecular Hbond substituents is 1. The second-order valence-corrected chi connectivity index (χ2v) is 8.05. The molecule has 1 aliphatic rings. The van der Waals surface area contributed by atoms with Gasteiger partial charge in [0.15, 0.2) is 0 Å². The number of aromatic hydroxyl groups is 1. The second kappa shape index (κ2) is 7.90. The van der Waals surface area contributed by atoms with E-state index in [1.54, 1.807) is 41.3 Å². The Balaban J connectivity index is 1.65. The van der Waals surface area contributed by atoms with E-state index in [2.05, 4.69) is 10.2 Å². The first-order valence-corrected chi connectivity index (χ1v) is 10.4. The molecule has 0 fully saturated rings. The number of benzene rings is 3. The lowest BCUT2D eigenvalue weighted by molar-refractivity contribution is -0.384. The molecule has 1 aliphatic heterocycles. The van der Waals surface area contributed by atoms with Crippen molar-refractivity contribution in [1.29, 1.82) is 0 Å². The van der Waals surface area contributed by atoms with Gasteiger partial charge in [-0.05, 0) is 42.3 Å². The summed E-state index contributed by atoms with van der Waals surface area (Å²) >= 11 is 0. The minimum Gasteiger partial charge on any atom is -0.507 e. The number of carbonyl (C=O) groups excluding carboxylic acids is 1. The van der Waals surface area contributed by atoms with Crippen LogP contribution in [0.1, 0.15) is 38.8 Å². The number of H-pyrrole nitrogens is 1. The van der Waals surface area contributed by atoms with E-state index in [1.807, 2.05) is 31.2 Å². The number of fused-ring (bicyclic) bond motifs is 1. The van der Waals surface area contributed by atoms with Crippen LogP contribution >= 0.6 is 0 Å². The van der Waals surface area contributed by atoms with Crippen LogP contribution < -0.4 is 0 Å². The van der Waals surface area contributed by atoms with Crippen LogP contribution in [0.4, 0.5) is 5.69 Å². The number of phenols is 1. The molecule has 0 aliphatic carbocycles. The third-order valence-corrected chi connectivity index (χ3v) is 5.92. The van der Waals surface area contributed by atoms with Gasteiger partial charge in [0.25, 0.3) is 11.6 Å². The first-order chi connectivity index (χ1) is 15.9. The Bertz CT molecular complexity index is 1360. The number of para-hydroxylation sites is 1. The van der Waals surface area contributed by atoms with Crippen LogP contribution in [0.15, 0.2) is 72.8 Å². The summed E-state index contributed by atoms with van der Waals surface area (Å²) in [5, 5.41) is 28.8. The standard InChI is InChI=1S/C25H20N4O4/c1-15-6-8-16(9-7-15)14-28-24(17-10-12-18(13-11-17)29(32)33)21-22(26-27-23(21)25(28)31)19-4-2-3-5-20(19)30/h2-13,24,30H,14H2,1H3,(H,26,27). The highest BCUT2D eigenvalue weighted by Gasteiger charge is 2.42. The molecule has 0 spiro atoms. The van der Waals surface area contributed by atoms with Crippen molar-refractivity contribution in [2.24, 2.45) is 0 Å². The molecule has 8 heteroatoms. The van der Waals surface area contributed by atoms with Gasteiger partial charge < -0.3 is 10.0 Å². The van der Waals surface area contributed by atoms with E-state index in [4.69, 9.17) is 0 Å². The number of hydrogen-bond donors (Lipinski definition) is 2. The zero-order valence-electron chi connectivity index (χ0n) is 17.7. The number of nitro benzene ring substituents is 1. The largest absolute Gasteiger partial charge is 0.507 e. The van der Waals surface area contributed by atoms with Crippen molar-refractivity contribution in [1.82, 2.24) is 15.1 Å². The molecular weight excluding hydrogens is 420 g/mol. The number of hydrogen-bond acceptors (Lipinski definition) is 5. The highest BCUT2D eigenvalue weighted by molar-refractivity contribution is 6.00. The van der Waals surface area contributed by atoms with Gasteiger partial charge in [-0.3, -0.25) is 20.0 Å². The van der Waals surface area contributed by atoms with Crippen molar-refractivity contribution in [2.45, 2.75) is 19.5 Å². The van der Waals surface area contributed by atoms with Gasteiger partial charge in [-0.2, -0.15) is 5.10 Å². The molecule has 4 aromatic rings. The van der Waals surface area contributed by atoms with E-state index >= 15 is 0 Å². The lowest BCUT2D eigenvalue weighted by Crippen LogP contribution is -2.29. The Morgan fingerprint density at radius 2 is 1.76 bits per heavy atom. The summed E-state index contributed by atoms with van der Waals surface area (Å²) in [5.41, 5.74) is 4.75. The Morgan fingerprint density at radius 3 is 2.42 bits per heavy atom. The average Bonchev–Trinajstić information content (AvgIpc) is 3.35. The van der Waals surface area contributed by atoms with Crippen molar-refractivity contribution < 1.29 is 14.8 Å². The third-order valence-electron chi connectivity index (χ3n) is 5.92. The van der Waals surface area contributed by atoms with E-state index in [0.717, 1.165) is 16.7 Å². The fourth-order valence-electron chi connectivity index (χ4n) is 4.25. The van der Waals surface area contributed by atoms with Gasteiger partial charge in [0.1, 0.15) is 17.1 Å². The Labute approximate surface area is 189 Å². The molecule has 0 radical (unpaired) electrons. The van der Waals surface area contributed by atoms with E-state index in [9.17, 15) is 20.0 Å².